The second kappa shape index (κ2) is 4.67. The van der Waals surface area contributed by atoms with E-state index in [1.165, 1.54) is 6.07 Å². The van der Waals surface area contributed by atoms with Crippen LogP contribution in [-0.4, -0.2) is 11.1 Å². The Morgan fingerprint density at radius 1 is 1.12 bits per heavy atom. The van der Waals surface area contributed by atoms with E-state index in [1.807, 2.05) is 6.07 Å². The Balaban J connectivity index is 2.66. The van der Waals surface area contributed by atoms with Crippen LogP contribution < -0.4 is 0 Å². The van der Waals surface area contributed by atoms with Crippen LogP contribution in [0.3, 0.4) is 0 Å². The first kappa shape index (κ1) is 11.8. The van der Waals surface area contributed by atoms with Crippen LogP contribution in [-0.2, 0) is 0 Å². The first-order valence-corrected chi connectivity index (χ1v) is 5.67. The van der Waals surface area contributed by atoms with Crippen molar-refractivity contribution in [1.29, 1.82) is 0 Å². The third-order valence-electron chi connectivity index (χ3n) is 2.39. The van der Waals surface area contributed by atoms with Crippen molar-refractivity contribution < 1.29 is 14.3 Å². The molecule has 0 saturated heterocycles. The van der Waals surface area contributed by atoms with Crippen LogP contribution in [0.5, 0.6) is 0 Å². The minimum atomic E-state index is -1.29. The van der Waals surface area contributed by atoms with Crippen LogP contribution >= 0.6 is 15.9 Å². The minimum absolute atomic E-state index is 0.238. The zero-order valence-electron chi connectivity index (χ0n) is 8.65. The highest BCUT2D eigenvalue weighted by Gasteiger charge is 2.18. The molecule has 0 heterocycles. The molecule has 0 fully saturated rings. The fraction of sp³-hybridized carbons (Fsp3) is 0. The molecule has 0 bridgehead atoms. The molecule has 0 unspecified atom stereocenters. The summed E-state index contributed by atoms with van der Waals surface area (Å²) in [6.45, 7) is 0. The van der Waals surface area contributed by atoms with Crippen molar-refractivity contribution in [3.63, 3.8) is 0 Å². The maximum absolute atomic E-state index is 14.1. The van der Waals surface area contributed by atoms with Gasteiger partial charge >= 0.3 is 5.97 Å². The minimum Gasteiger partial charge on any atom is -0.478 e. The van der Waals surface area contributed by atoms with Crippen LogP contribution in [0.1, 0.15) is 10.4 Å². The fourth-order valence-electron chi connectivity index (χ4n) is 1.59. The van der Waals surface area contributed by atoms with Gasteiger partial charge in [0, 0.05) is 10.0 Å². The van der Waals surface area contributed by atoms with Gasteiger partial charge in [-0.2, -0.15) is 0 Å². The monoisotopic (exact) mass is 294 g/mol. The molecule has 0 aliphatic heterocycles. The number of hydrogen-bond acceptors (Lipinski definition) is 1. The van der Waals surface area contributed by atoms with Gasteiger partial charge in [-0.15, -0.1) is 0 Å². The SMILES string of the molecule is O=C(O)c1c(Br)ccc(-c2ccccc2)c1F. The third-order valence-corrected chi connectivity index (χ3v) is 3.05. The van der Waals surface area contributed by atoms with Gasteiger partial charge in [-0.3, -0.25) is 0 Å². The number of aromatic carboxylic acids is 1. The predicted molar refractivity (Wildman–Crippen MR) is 66.5 cm³/mol. The van der Waals surface area contributed by atoms with Crippen molar-refractivity contribution in [3.8, 4) is 11.1 Å². The maximum Gasteiger partial charge on any atom is 0.339 e. The molecule has 2 aromatic carbocycles. The molecule has 2 aromatic rings. The fourth-order valence-corrected chi connectivity index (χ4v) is 2.07. The lowest BCUT2D eigenvalue weighted by Crippen LogP contribution is -2.03. The van der Waals surface area contributed by atoms with Gasteiger partial charge in [0.25, 0.3) is 0 Å². The van der Waals surface area contributed by atoms with E-state index in [9.17, 15) is 9.18 Å². The number of carboxylic acids is 1. The van der Waals surface area contributed by atoms with Gasteiger partial charge in [-0.1, -0.05) is 36.4 Å². The first-order chi connectivity index (χ1) is 8.11. The number of halogens is 2. The summed E-state index contributed by atoms with van der Waals surface area (Å²) in [5.74, 6) is -2.01. The molecule has 86 valence electrons. The number of carbonyl (C=O) groups is 1. The number of rotatable bonds is 2. The van der Waals surface area contributed by atoms with E-state index in [0.717, 1.165) is 0 Å². The lowest BCUT2D eigenvalue weighted by molar-refractivity contribution is 0.0691. The Morgan fingerprint density at radius 2 is 1.76 bits per heavy atom. The molecular formula is C13H8BrFO2. The van der Waals surface area contributed by atoms with Gasteiger partial charge in [0.05, 0.1) is 0 Å². The highest BCUT2D eigenvalue weighted by Crippen LogP contribution is 2.29. The molecule has 0 aliphatic carbocycles. The zero-order chi connectivity index (χ0) is 12.4. The summed E-state index contributed by atoms with van der Waals surface area (Å²) >= 11 is 3.03. The number of hydrogen-bond donors (Lipinski definition) is 1. The van der Waals surface area contributed by atoms with Crippen molar-refractivity contribution in [3.05, 3.63) is 58.3 Å². The largest absolute Gasteiger partial charge is 0.478 e. The molecule has 0 aliphatic rings. The summed E-state index contributed by atoms with van der Waals surface area (Å²) in [6, 6.07) is 11.9. The molecule has 4 heteroatoms. The number of benzene rings is 2. The average Bonchev–Trinajstić information content (AvgIpc) is 2.30. The number of carboxylic acid groups (broad SMARTS) is 1. The van der Waals surface area contributed by atoms with Gasteiger partial charge < -0.3 is 5.11 Å². The molecule has 0 radical (unpaired) electrons. The van der Waals surface area contributed by atoms with Crippen LogP contribution in [0, 0.1) is 5.82 Å². The van der Waals surface area contributed by atoms with E-state index in [-0.39, 0.29) is 15.6 Å². The summed E-state index contributed by atoms with van der Waals surface area (Å²) in [6.07, 6.45) is 0. The van der Waals surface area contributed by atoms with Gasteiger partial charge in [0.1, 0.15) is 11.4 Å². The summed E-state index contributed by atoms with van der Waals surface area (Å²) in [4.78, 5) is 11.0. The molecule has 17 heavy (non-hydrogen) atoms. The molecule has 0 amide bonds. The zero-order valence-corrected chi connectivity index (χ0v) is 10.2. The van der Waals surface area contributed by atoms with E-state index in [1.54, 1.807) is 30.3 Å². The highest BCUT2D eigenvalue weighted by atomic mass is 79.9. The molecular weight excluding hydrogens is 287 g/mol. The second-order valence-corrected chi connectivity index (χ2v) is 4.31. The van der Waals surface area contributed by atoms with Gasteiger partial charge in [-0.05, 0) is 27.6 Å². The van der Waals surface area contributed by atoms with Gasteiger partial charge in [0.2, 0.25) is 0 Å². The topological polar surface area (TPSA) is 37.3 Å². The Bertz CT molecular complexity index is 567. The van der Waals surface area contributed by atoms with E-state index < -0.39 is 11.8 Å². The van der Waals surface area contributed by atoms with E-state index in [4.69, 9.17) is 5.11 Å². The smallest absolute Gasteiger partial charge is 0.339 e. The van der Waals surface area contributed by atoms with Crippen molar-refractivity contribution in [2.24, 2.45) is 0 Å². The third kappa shape index (κ3) is 2.22. The lowest BCUT2D eigenvalue weighted by atomic mass is 10.0. The van der Waals surface area contributed by atoms with Crippen LogP contribution in [0.15, 0.2) is 46.9 Å². The van der Waals surface area contributed by atoms with Crippen LogP contribution in [0.4, 0.5) is 4.39 Å². The molecule has 0 atom stereocenters. The molecule has 0 spiro atoms. The quantitative estimate of drug-likeness (QED) is 0.910. The molecule has 2 nitrogen and oxygen atoms in total. The summed E-state index contributed by atoms with van der Waals surface area (Å²) in [5, 5.41) is 8.95. The Hall–Kier alpha value is -1.68. The highest BCUT2D eigenvalue weighted by molar-refractivity contribution is 9.10. The van der Waals surface area contributed by atoms with Crippen LogP contribution in [0.2, 0.25) is 0 Å². The van der Waals surface area contributed by atoms with Crippen LogP contribution in [0.25, 0.3) is 11.1 Å². The maximum atomic E-state index is 14.1. The molecule has 2 rings (SSSR count). The average molecular weight is 295 g/mol. The van der Waals surface area contributed by atoms with Gasteiger partial charge in [-0.25, -0.2) is 9.18 Å². The van der Waals surface area contributed by atoms with E-state index >= 15 is 0 Å². The normalized spacial score (nSPS) is 10.2. The van der Waals surface area contributed by atoms with E-state index in [0.29, 0.717) is 5.56 Å². The predicted octanol–water partition coefficient (Wildman–Crippen LogP) is 3.95. The molecule has 0 saturated carbocycles. The van der Waals surface area contributed by atoms with Crippen molar-refractivity contribution in [2.75, 3.05) is 0 Å². The summed E-state index contributed by atoms with van der Waals surface area (Å²) < 4.78 is 14.3. The van der Waals surface area contributed by atoms with Crippen molar-refractivity contribution in [2.45, 2.75) is 0 Å². The molecule has 0 aromatic heterocycles. The summed E-state index contributed by atoms with van der Waals surface area (Å²) in [5.41, 5.74) is 0.595. The Morgan fingerprint density at radius 3 is 2.35 bits per heavy atom. The lowest BCUT2D eigenvalue weighted by Gasteiger charge is -2.07. The molecule has 1 N–H and O–H groups in total. The van der Waals surface area contributed by atoms with Gasteiger partial charge in [0.15, 0.2) is 0 Å². The summed E-state index contributed by atoms with van der Waals surface area (Å²) in [7, 11) is 0. The second-order valence-electron chi connectivity index (χ2n) is 3.46. The van der Waals surface area contributed by atoms with Crippen molar-refractivity contribution >= 4 is 21.9 Å². The first-order valence-electron chi connectivity index (χ1n) is 4.88. The standard InChI is InChI=1S/C13H8BrFO2/c14-10-7-6-9(8-4-2-1-3-5-8)12(15)11(10)13(16)17/h1-7H,(H,16,17). The van der Waals surface area contributed by atoms with E-state index in [2.05, 4.69) is 15.9 Å². The Kier molecular flexibility index (Phi) is 3.24. The van der Waals surface area contributed by atoms with Crippen molar-refractivity contribution in [1.82, 2.24) is 0 Å². The Labute approximate surface area is 106 Å².